The number of ether oxygens (including phenoxy) is 1. The van der Waals surface area contributed by atoms with Crippen LogP contribution in [0.4, 0.5) is 10.1 Å². The van der Waals surface area contributed by atoms with Crippen molar-refractivity contribution in [3.63, 3.8) is 0 Å². The topological polar surface area (TPSA) is 93.0 Å². The van der Waals surface area contributed by atoms with Gasteiger partial charge >= 0.3 is 5.69 Å². The van der Waals surface area contributed by atoms with E-state index in [9.17, 15) is 22.9 Å². The molecule has 150 valence electrons. The third-order valence-corrected chi connectivity index (χ3v) is 6.56. The summed E-state index contributed by atoms with van der Waals surface area (Å²) in [5.41, 5.74) is 0.159. The molecule has 8 nitrogen and oxygen atoms in total. The Hall–Kier alpha value is -2.56. The smallest absolute Gasteiger partial charge is 0.312 e. The van der Waals surface area contributed by atoms with E-state index in [0.29, 0.717) is 25.2 Å². The Balaban J connectivity index is 1.72. The van der Waals surface area contributed by atoms with Crippen LogP contribution < -0.4 is 4.74 Å². The second kappa shape index (κ2) is 8.21. The van der Waals surface area contributed by atoms with Gasteiger partial charge in [-0.3, -0.25) is 15.0 Å². The van der Waals surface area contributed by atoms with Gasteiger partial charge in [0.2, 0.25) is 10.0 Å². The summed E-state index contributed by atoms with van der Waals surface area (Å²) in [7, 11) is -2.59. The van der Waals surface area contributed by atoms with E-state index in [0.717, 1.165) is 6.07 Å². The van der Waals surface area contributed by atoms with Crippen molar-refractivity contribution in [3.8, 4) is 5.75 Å². The lowest BCUT2D eigenvalue weighted by atomic mass is 10.2. The van der Waals surface area contributed by atoms with Crippen molar-refractivity contribution in [2.24, 2.45) is 0 Å². The molecular formula is C18H20FN3O5S. The molecule has 1 aliphatic heterocycles. The summed E-state index contributed by atoms with van der Waals surface area (Å²) in [6.07, 6.45) is 0. The summed E-state index contributed by atoms with van der Waals surface area (Å²) in [5, 5.41) is 11.2. The summed E-state index contributed by atoms with van der Waals surface area (Å²) in [5.74, 6) is -0.290. The molecule has 1 heterocycles. The number of hydrogen-bond donors (Lipinski definition) is 0. The average molecular weight is 409 g/mol. The molecule has 0 spiro atoms. The molecule has 28 heavy (non-hydrogen) atoms. The maximum absolute atomic E-state index is 13.8. The highest BCUT2D eigenvalue weighted by Crippen LogP contribution is 2.30. The molecule has 0 aromatic heterocycles. The molecule has 0 radical (unpaired) electrons. The molecule has 10 heteroatoms. The molecule has 0 aliphatic carbocycles. The van der Waals surface area contributed by atoms with Gasteiger partial charge in [-0.1, -0.05) is 18.2 Å². The molecule has 0 saturated carbocycles. The Kier molecular flexibility index (Phi) is 5.92. The largest absolute Gasteiger partial charge is 0.490 e. The molecule has 0 unspecified atom stereocenters. The highest BCUT2D eigenvalue weighted by Gasteiger charge is 2.30. The number of hydrogen-bond acceptors (Lipinski definition) is 6. The molecule has 1 saturated heterocycles. The average Bonchev–Trinajstić information content (AvgIpc) is 2.69. The number of nitro groups is 1. The minimum atomic E-state index is -3.87. The number of piperazine rings is 1. The van der Waals surface area contributed by atoms with Gasteiger partial charge in [-0.15, -0.1) is 0 Å². The molecule has 0 amide bonds. The standard InChI is InChI=1S/C18H20FN3O5S/c1-27-18-7-6-15(12-17(18)22(23)24)28(25,26)21-10-8-20(9-11-21)13-14-4-2-3-5-16(14)19/h2-7,12H,8-11,13H2,1H3. The molecule has 2 aromatic rings. The first-order chi connectivity index (χ1) is 13.3. The predicted octanol–water partition coefficient (Wildman–Crippen LogP) is 2.25. The van der Waals surface area contributed by atoms with Crippen molar-refractivity contribution >= 4 is 15.7 Å². The van der Waals surface area contributed by atoms with Gasteiger partial charge in [-0.25, -0.2) is 12.8 Å². The quantitative estimate of drug-likeness (QED) is 0.537. The highest BCUT2D eigenvalue weighted by atomic mass is 32.2. The molecule has 0 atom stereocenters. The Morgan fingerprint density at radius 3 is 2.43 bits per heavy atom. The predicted molar refractivity (Wildman–Crippen MR) is 100 cm³/mol. The van der Waals surface area contributed by atoms with Crippen LogP contribution in [-0.2, 0) is 16.6 Å². The fraction of sp³-hybridized carbons (Fsp3) is 0.333. The van der Waals surface area contributed by atoms with Crippen molar-refractivity contribution in [2.75, 3.05) is 33.3 Å². The van der Waals surface area contributed by atoms with Gasteiger partial charge in [0.1, 0.15) is 5.82 Å². The maximum atomic E-state index is 13.8. The van der Waals surface area contributed by atoms with Crippen LogP contribution in [-0.4, -0.2) is 55.8 Å². The lowest BCUT2D eigenvalue weighted by molar-refractivity contribution is -0.386. The summed E-state index contributed by atoms with van der Waals surface area (Å²) >= 11 is 0. The van der Waals surface area contributed by atoms with Crippen LogP contribution in [0, 0.1) is 15.9 Å². The van der Waals surface area contributed by atoms with E-state index in [2.05, 4.69) is 0 Å². The van der Waals surface area contributed by atoms with Crippen LogP contribution in [0.15, 0.2) is 47.4 Å². The van der Waals surface area contributed by atoms with Gasteiger partial charge in [0.25, 0.3) is 0 Å². The lowest BCUT2D eigenvalue weighted by Crippen LogP contribution is -2.48. The number of sulfonamides is 1. The monoisotopic (exact) mass is 409 g/mol. The summed E-state index contributed by atoms with van der Waals surface area (Å²) in [6.45, 7) is 1.71. The highest BCUT2D eigenvalue weighted by molar-refractivity contribution is 7.89. The third kappa shape index (κ3) is 4.13. The van der Waals surface area contributed by atoms with E-state index < -0.39 is 20.6 Å². The van der Waals surface area contributed by atoms with E-state index in [1.165, 1.54) is 29.6 Å². The molecular weight excluding hydrogens is 389 g/mol. The SMILES string of the molecule is COc1ccc(S(=O)(=O)N2CCN(Cc3ccccc3F)CC2)cc1[N+](=O)[O-]. The number of methoxy groups -OCH3 is 1. The van der Waals surface area contributed by atoms with Crippen molar-refractivity contribution in [1.29, 1.82) is 0 Å². The van der Waals surface area contributed by atoms with Crippen molar-refractivity contribution in [1.82, 2.24) is 9.21 Å². The molecule has 0 N–H and O–H groups in total. The molecule has 1 fully saturated rings. The van der Waals surface area contributed by atoms with Crippen LogP contribution >= 0.6 is 0 Å². The minimum absolute atomic E-state index is 0.00124. The zero-order valence-corrected chi connectivity index (χ0v) is 16.1. The van der Waals surface area contributed by atoms with E-state index in [1.54, 1.807) is 18.2 Å². The minimum Gasteiger partial charge on any atom is -0.490 e. The zero-order valence-electron chi connectivity index (χ0n) is 15.2. The van der Waals surface area contributed by atoms with Gasteiger partial charge in [0.15, 0.2) is 5.75 Å². The van der Waals surface area contributed by atoms with Gasteiger partial charge < -0.3 is 4.74 Å². The second-order valence-electron chi connectivity index (χ2n) is 6.36. The van der Waals surface area contributed by atoms with Crippen LogP contribution in [0.2, 0.25) is 0 Å². The van der Waals surface area contributed by atoms with Crippen molar-refractivity contribution < 1.29 is 22.5 Å². The van der Waals surface area contributed by atoms with E-state index in [4.69, 9.17) is 4.74 Å². The molecule has 0 bridgehead atoms. The van der Waals surface area contributed by atoms with Gasteiger partial charge in [0.05, 0.1) is 16.9 Å². The Labute approximate surface area is 162 Å². The fourth-order valence-electron chi connectivity index (χ4n) is 3.12. The Morgan fingerprint density at radius 1 is 1.14 bits per heavy atom. The van der Waals surface area contributed by atoms with Gasteiger partial charge in [-0.2, -0.15) is 4.31 Å². The number of rotatable bonds is 6. The first-order valence-electron chi connectivity index (χ1n) is 8.61. The molecule has 2 aromatic carbocycles. The zero-order chi connectivity index (χ0) is 20.3. The van der Waals surface area contributed by atoms with Crippen molar-refractivity contribution in [2.45, 2.75) is 11.4 Å². The summed E-state index contributed by atoms with van der Waals surface area (Å²) < 4.78 is 45.7. The Bertz CT molecular complexity index is 975. The first kappa shape index (κ1) is 20.2. The number of nitro benzene ring substituents is 1. The normalized spacial score (nSPS) is 16.1. The second-order valence-corrected chi connectivity index (χ2v) is 8.30. The first-order valence-corrected chi connectivity index (χ1v) is 10.1. The van der Waals surface area contributed by atoms with Gasteiger partial charge in [-0.05, 0) is 18.2 Å². The van der Waals surface area contributed by atoms with Crippen LogP contribution in [0.3, 0.4) is 0 Å². The summed E-state index contributed by atoms with van der Waals surface area (Å²) in [6, 6.07) is 10.1. The van der Waals surface area contributed by atoms with Gasteiger partial charge in [0, 0.05) is 44.4 Å². The number of halogens is 1. The van der Waals surface area contributed by atoms with Crippen LogP contribution in [0.1, 0.15) is 5.56 Å². The van der Waals surface area contributed by atoms with Crippen molar-refractivity contribution in [3.05, 3.63) is 64.0 Å². The van der Waals surface area contributed by atoms with Crippen LogP contribution in [0.5, 0.6) is 5.75 Å². The third-order valence-electron chi connectivity index (χ3n) is 4.67. The molecule has 1 aliphatic rings. The summed E-state index contributed by atoms with van der Waals surface area (Å²) in [4.78, 5) is 12.3. The lowest BCUT2D eigenvalue weighted by Gasteiger charge is -2.34. The number of benzene rings is 2. The Morgan fingerprint density at radius 2 is 1.82 bits per heavy atom. The van der Waals surface area contributed by atoms with Crippen LogP contribution in [0.25, 0.3) is 0 Å². The maximum Gasteiger partial charge on any atom is 0.312 e. The fourth-order valence-corrected chi connectivity index (χ4v) is 4.56. The molecule has 3 rings (SSSR count). The van der Waals surface area contributed by atoms with E-state index in [-0.39, 0.29) is 29.6 Å². The number of nitrogens with zero attached hydrogens (tertiary/aromatic N) is 3. The van der Waals surface area contributed by atoms with E-state index >= 15 is 0 Å². The van der Waals surface area contributed by atoms with E-state index in [1.807, 2.05) is 4.90 Å².